The number of nitrogens with one attached hydrogen (secondary N) is 1. The molecule has 23 heavy (non-hydrogen) atoms. The molecular weight excluding hydrogens is 288 g/mol. The molecule has 1 aliphatic heterocycles. The van der Waals surface area contributed by atoms with Gasteiger partial charge in [0.2, 0.25) is 0 Å². The predicted molar refractivity (Wildman–Crippen MR) is 91.7 cm³/mol. The highest BCUT2D eigenvalue weighted by Gasteiger charge is 2.21. The van der Waals surface area contributed by atoms with Crippen molar-refractivity contribution in [3.63, 3.8) is 0 Å². The minimum absolute atomic E-state index is 0.0217. The number of amides is 1. The molecule has 2 aromatic rings. The minimum Gasteiger partial charge on any atom is -0.353 e. The molecule has 1 unspecified atom stereocenters. The van der Waals surface area contributed by atoms with Gasteiger partial charge in [-0.05, 0) is 17.7 Å². The molecular formula is C18H22N4O. The zero-order valence-electron chi connectivity index (χ0n) is 13.6. The second-order valence-electron chi connectivity index (χ2n) is 5.97. The number of rotatable bonds is 3. The van der Waals surface area contributed by atoms with E-state index in [9.17, 15) is 4.79 Å². The summed E-state index contributed by atoms with van der Waals surface area (Å²) in [7, 11) is 3.49. The van der Waals surface area contributed by atoms with Crippen LogP contribution in [0.25, 0.3) is 0 Å². The van der Waals surface area contributed by atoms with Gasteiger partial charge in [-0.3, -0.25) is 4.79 Å². The summed E-state index contributed by atoms with van der Waals surface area (Å²) < 4.78 is 0. The normalized spacial score (nSPS) is 17.8. The Morgan fingerprint density at radius 1 is 1.22 bits per heavy atom. The lowest BCUT2D eigenvalue weighted by Crippen LogP contribution is -2.46. The van der Waals surface area contributed by atoms with E-state index in [-0.39, 0.29) is 5.91 Å². The van der Waals surface area contributed by atoms with Crippen molar-refractivity contribution in [3.05, 3.63) is 59.8 Å². The second-order valence-corrected chi connectivity index (χ2v) is 5.97. The molecule has 0 aliphatic carbocycles. The number of carbonyl (C=O) groups is 1. The third-order valence-corrected chi connectivity index (χ3v) is 4.10. The summed E-state index contributed by atoms with van der Waals surface area (Å²) in [5.74, 6) is 0.897. The van der Waals surface area contributed by atoms with Gasteiger partial charge in [-0.1, -0.05) is 30.3 Å². The number of benzene rings is 1. The Labute approximate surface area is 136 Å². The van der Waals surface area contributed by atoms with Crippen LogP contribution in [0.15, 0.2) is 48.7 Å². The topological polar surface area (TPSA) is 48.5 Å². The van der Waals surface area contributed by atoms with Crippen molar-refractivity contribution in [2.45, 2.75) is 6.04 Å². The van der Waals surface area contributed by atoms with Gasteiger partial charge in [0.05, 0.1) is 5.56 Å². The second kappa shape index (κ2) is 6.79. The molecule has 2 heterocycles. The fourth-order valence-electron chi connectivity index (χ4n) is 2.82. The molecule has 1 amide bonds. The number of pyridine rings is 1. The maximum absolute atomic E-state index is 11.9. The molecule has 1 aliphatic rings. The molecule has 1 aromatic heterocycles. The number of anilines is 1. The maximum Gasteiger partial charge on any atom is 0.254 e. The molecule has 120 valence electrons. The van der Waals surface area contributed by atoms with Crippen LogP contribution in [0.1, 0.15) is 22.0 Å². The van der Waals surface area contributed by atoms with Crippen LogP contribution in [0.5, 0.6) is 0 Å². The van der Waals surface area contributed by atoms with E-state index in [2.05, 4.69) is 39.5 Å². The third kappa shape index (κ3) is 3.51. The molecule has 5 nitrogen and oxygen atoms in total. The van der Waals surface area contributed by atoms with E-state index in [1.165, 1.54) is 5.56 Å². The minimum atomic E-state index is -0.0217. The van der Waals surface area contributed by atoms with Crippen LogP contribution in [0, 0.1) is 0 Å². The van der Waals surface area contributed by atoms with Crippen LogP contribution < -0.4 is 10.2 Å². The Kier molecular flexibility index (Phi) is 4.57. The number of hydrogen-bond acceptors (Lipinski definition) is 4. The average molecular weight is 310 g/mol. The number of hydrogen-bond donors (Lipinski definition) is 1. The van der Waals surface area contributed by atoms with E-state index in [0.717, 1.165) is 25.5 Å². The van der Waals surface area contributed by atoms with E-state index in [0.29, 0.717) is 11.6 Å². The summed E-state index contributed by atoms with van der Waals surface area (Å²) in [5, 5.41) is 3.55. The quantitative estimate of drug-likeness (QED) is 0.941. The van der Waals surface area contributed by atoms with Gasteiger partial charge in [0, 0.05) is 46.0 Å². The van der Waals surface area contributed by atoms with Crippen molar-refractivity contribution in [3.8, 4) is 0 Å². The number of nitrogens with zero attached hydrogens (tertiary/aromatic N) is 3. The first-order valence-electron chi connectivity index (χ1n) is 7.86. The van der Waals surface area contributed by atoms with Crippen molar-refractivity contribution in [1.82, 2.24) is 15.2 Å². The summed E-state index contributed by atoms with van der Waals surface area (Å²) >= 11 is 0. The maximum atomic E-state index is 11.9. The fraction of sp³-hybridized carbons (Fsp3) is 0.333. The molecule has 1 saturated heterocycles. The molecule has 1 atom stereocenters. The molecule has 1 N–H and O–H groups in total. The van der Waals surface area contributed by atoms with Gasteiger partial charge >= 0.3 is 0 Å². The molecule has 3 rings (SSSR count). The lowest BCUT2D eigenvalue weighted by atomic mass is 10.0. The zero-order chi connectivity index (χ0) is 16.2. The standard InChI is InChI=1S/C18H22N4O/c1-21(2)18(23)15-8-9-17(20-12-15)22-11-10-19-16(13-22)14-6-4-3-5-7-14/h3-9,12,16,19H,10-11,13H2,1-2H3. The van der Waals surface area contributed by atoms with Crippen molar-refractivity contribution in [2.75, 3.05) is 38.6 Å². The summed E-state index contributed by atoms with van der Waals surface area (Å²) in [5.41, 5.74) is 1.91. The fourth-order valence-corrected chi connectivity index (χ4v) is 2.82. The monoisotopic (exact) mass is 310 g/mol. The Bertz CT molecular complexity index is 654. The third-order valence-electron chi connectivity index (χ3n) is 4.10. The van der Waals surface area contributed by atoms with Crippen LogP contribution in [-0.2, 0) is 0 Å². The number of carbonyl (C=O) groups excluding carboxylic acids is 1. The van der Waals surface area contributed by atoms with Gasteiger partial charge < -0.3 is 15.1 Å². The van der Waals surface area contributed by atoms with Gasteiger partial charge in [0.1, 0.15) is 5.82 Å². The average Bonchev–Trinajstić information content (AvgIpc) is 2.62. The van der Waals surface area contributed by atoms with Crippen LogP contribution in [0.4, 0.5) is 5.82 Å². The van der Waals surface area contributed by atoms with E-state index in [1.54, 1.807) is 25.2 Å². The van der Waals surface area contributed by atoms with Crippen LogP contribution >= 0.6 is 0 Å². The SMILES string of the molecule is CN(C)C(=O)c1ccc(N2CCNC(c3ccccc3)C2)nc1. The first-order chi connectivity index (χ1) is 11.1. The summed E-state index contributed by atoms with van der Waals surface area (Å²) in [6.45, 7) is 2.70. The Hall–Kier alpha value is -2.40. The highest BCUT2D eigenvalue weighted by Crippen LogP contribution is 2.21. The molecule has 0 bridgehead atoms. The Morgan fingerprint density at radius 3 is 2.65 bits per heavy atom. The molecule has 0 spiro atoms. The number of aromatic nitrogens is 1. The molecule has 1 fully saturated rings. The molecule has 5 heteroatoms. The van der Waals surface area contributed by atoms with Gasteiger partial charge in [0.15, 0.2) is 0 Å². The van der Waals surface area contributed by atoms with E-state index < -0.39 is 0 Å². The van der Waals surface area contributed by atoms with Gasteiger partial charge in [-0.25, -0.2) is 4.98 Å². The highest BCUT2D eigenvalue weighted by atomic mass is 16.2. The van der Waals surface area contributed by atoms with Gasteiger partial charge in [-0.2, -0.15) is 0 Å². The smallest absolute Gasteiger partial charge is 0.254 e. The highest BCUT2D eigenvalue weighted by molar-refractivity contribution is 5.93. The van der Waals surface area contributed by atoms with E-state index in [4.69, 9.17) is 0 Å². The molecule has 0 saturated carbocycles. The summed E-state index contributed by atoms with van der Waals surface area (Å²) in [6, 6.07) is 14.5. The number of piperazine rings is 1. The van der Waals surface area contributed by atoms with Crippen LogP contribution in [0.2, 0.25) is 0 Å². The molecule has 1 aromatic carbocycles. The zero-order valence-corrected chi connectivity index (χ0v) is 13.6. The predicted octanol–water partition coefficient (Wildman–Crippen LogP) is 1.93. The Balaban J connectivity index is 1.73. The van der Waals surface area contributed by atoms with Crippen molar-refractivity contribution in [1.29, 1.82) is 0 Å². The summed E-state index contributed by atoms with van der Waals surface area (Å²) in [4.78, 5) is 20.2. The van der Waals surface area contributed by atoms with E-state index >= 15 is 0 Å². The Morgan fingerprint density at radius 2 is 2.00 bits per heavy atom. The first-order valence-corrected chi connectivity index (χ1v) is 7.86. The first kappa shape index (κ1) is 15.5. The van der Waals surface area contributed by atoms with Crippen LogP contribution in [0.3, 0.4) is 0 Å². The van der Waals surface area contributed by atoms with Crippen molar-refractivity contribution in [2.24, 2.45) is 0 Å². The van der Waals surface area contributed by atoms with Crippen molar-refractivity contribution < 1.29 is 4.79 Å². The lowest BCUT2D eigenvalue weighted by Gasteiger charge is -2.34. The van der Waals surface area contributed by atoms with Gasteiger partial charge in [-0.15, -0.1) is 0 Å². The lowest BCUT2D eigenvalue weighted by molar-refractivity contribution is 0.0827. The summed E-state index contributed by atoms with van der Waals surface area (Å²) in [6.07, 6.45) is 1.66. The van der Waals surface area contributed by atoms with Gasteiger partial charge in [0.25, 0.3) is 5.91 Å². The van der Waals surface area contributed by atoms with Crippen molar-refractivity contribution >= 4 is 11.7 Å². The van der Waals surface area contributed by atoms with Crippen LogP contribution in [-0.4, -0.2) is 49.5 Å². The molecule has 0 radical (unpaired) electrons. The van der Waals surface area contributed by atoms with E-state index in [1.807, 2.05) is 18.2 Å². The largest absolute Gasteiger partial charge is 0.353 e.